The highest BCUT2D eigenvalue weighted by Gasteiger charge is 2.38. The minimum atomic E-state index is -4.65. The van der Waals surface area contributed by atoms with E-state index in [9.17, 15) is 22.8 Å². The summed E-state index contributed by atoms with van der Waals surface area (Å²) in [4.78, 5) is 37.9. The molecule has 5 rings (SSSR count). The number of methoxy groups -OCH3 is 1. The smallest absolute Gasteiger partial charge is 0.383 e. The maximum absolute atomic E-state index is 13.9. The molecule has 1 aliphatic rings. The Morgan fingerprint density at radius 2 is 1.81 bits per heavy atom. The molecule has 0 unspecified atom stereocenters. The number of alkyl halides is 3. The molecule has 0 aliphatic carbocycles. The van der Waals surface area contributed by atoms with Crippen molar-refractivity contribution in [2.75, 3.05) is 39.9 Å². The lowest BCUT2D eigenvalue weighted by molar-refractivity contribution is -0.141. The normalized spacial score (nSPS) is 14.1. The number of carbonyl (C=O) groups excluding carboxylic acids is 2. The SMILES string of the molecule is CCCC(=O)N1CCN(C(=O)c2ccc(Cc3nccn4c(-c5cn(CCOC)nc5C(F)(F)F)cnc34)cc2C)CC1. The zero-order valence-corrected chi connectivity index (χ0v) is 24.4. The number of halogens is 3. The van der Waals surface area contributed by atoms with E-state index in [4.69, 9.17) is 4.74 Å². The molecule has 4 heterocycles. The highest BCUT2D eigenvalue weighted by molar-refractivity contribution is 5.96. The summed E-state index contributed by atoms with van der Waals surface area (Å²) in [5, 5.41) is 3.76. The Morgan fingerprint density at radius 1 is 1.07 bits per heavy atom. The van der Waals surface area contributed by atoms with E-state index in [1.165, 1.54) is 30.4 Å². The van der Waals surface area contributed by atoms with Crippen molar-refractivity contribution in [2.45, 2.75) is 45.8 Å². The highest BCUT2D eigenvalue weighted by atomic mass is 19.4. The van der Waals surface area contributed by atoms with Crippen LogP contribution in [0, 0.1) is 6.92 Å². The molecule has 0 radical (unpaired) electrons. The first-order chi connectivity index (χ1) is 20.6. The molecular weight excluding hydrogens is 563 g/mol. The summed E-state index contributed by atoms with van der Waals surface area (Å²) in [5.41, 5.74) is 2.48. The summed E-state index contributed by atoms with van der Waals surface area (Å²) in [6.07, 6.45) is 2.91. The number of hydrogen-bond acceptors (Lipinski definition) is 6. The number of benzene rings is 1. The van der Waals surface area contributed by atoms with Crippen LogP contribution in [0.3, 0.4) is 0 Å². The van der Waals surface area contributed by atoms with E-state index in [0.717, 1.165) is 17.5 Å². The molecule has 1 fully saturated rings. The lowest BCUT2D eigenvalue weighted by Gasteiger charge is -2.35. The van der Waals surface area contributed by atoms with Crippen molar-refractivity contribution in [2.24, 2.45) is 0 Å². The summed E-state index contributed by atoms with van der Waals surface area (Å²) in [7, 11) is 1.47. The van der Waals surface area contributed by atoms with Crippen molar-refractivity contribution in [3.8, 4) is 11.3 Å². The summed E-state index contributed by atoms with van der Waals surface area (Å²) in [6, 6.07) is 5.57. The molecule has 10 nitrogen and oxygen atoms in total. The van der Waals surface area contributed by atoms with E-state index in [-0.39, 0.29) is 36.2 Å². The molecule has 0 bridgehead atoms. The summed E-state index contributed by atoms with van der Waals surface area (Å²) in [6.45, 7) is 6.29. The van der Waals surface area contributed by atoms with E-state index in [0.29, 0.717) is 55.9 Å². The van der Waals surface area contributed by atoms with Crippen molar-refractivity contribution in [1.82, 2.24) is 33.9 Å². The van der Waals surface area contributed by atoms with E-state index in [1.54, 1.807) is 21.6 Å². The number of imidazole rings is 1. The molecule has 1 aromatic carbocycles. The first-order valence-electron chi connectivity index (χ1n) is 14.2. The van der Waals surface area contributed by atoms with Crippen LogP contribution in [0.25, 0.3) is 16.9 Å². The Kier molecular flexibility index (Phi) is 8.81. The monoisotopic (exact) mass is 597 g/mol. The van der Waals surface area contributed by atoms with Gasteiger partial charge in [0.25, 0.3) is 5.91 Å². The number of aromatic nitrogens is 5. The van der Waals surface area contributed by atoms with Gasteiger partial charge in [0.15, 0.2) is 11.3 Å². The van der Waals surface area contributed by atoms with Gasteiger partial charge in [-0.05, 0) is 30.5 Å². The number of nitrogens with zero attached hydrogens (tertiary/aromatic N) is 7. The number of rotatable bonds is 9. The van der Waals surface area contributed by atoms with Gasteiger partial charge in [-0.2, -0.15) is 18.3 Å². The van der Waals surface area contributed by atoms with Crippen LogP contribution in [0.2, 0.25) is 0 Å². The Bertz CT molecular complexity index is 1620. The largest absolute Gasteiger partial charge is 0.435 e. The molecule has 228 valence electrons. The third-order valence-corrected chi connectivity index (χ3v) is 7.61. The van der Waals surface area contributed by atoms with Gasteiger partial charge in [0, 0.05) is 70.3 Å². The number of piperazine rings is 1. The lowest BCUT2D eigenvalue weighted by Crippen LogP contribution is -2.50. The van der Waals surface area contributed by atoms with Crippen LogP contribution < -0.4 is 0 Å². The predicted octanol–water partition coefficient (Wildman–Crippen LogP) is 4.24. The molecule has 0 N–H and O–H groups in total. The number of fused-ring (bicyclic) bond motifs is 1. The molecule has 4 aromatic rings. The molecule has 2 amide bonds. The second kappa shape index (κ2) is 12.5. The van der Waals surface area contributed by atoms with Gasteiger partial charge in [-0.25, -0.2) is 4.98 Å². The number of hydrogen-bond donors (Lipinski definition) is 0. The van der Waals surface area contributed by atoms with E-state index in [2.05, 4.69) is 15.1 Å². The zero-order valence-electron chi connectivity index (χ0n) is 24.4. The summed E-state index contributed by atoms with van der Waals surface area (Å²) >= 11 is 0. The van der Waals surface area contributed by atoms with Gasteiger partial charge >= 0.3 is 6.18 Å². The fourth-order valence-electron chi connectivity index (χ4n) is 5.38. The predicted molar refractivity (Wildman–Crippen MR) is 152 cm³/mol. The van der Waals surface area contributed by atoms with Crippen LogP contribution in [0.5, 0.6) is 0 Å². The molecule has 1 aliphatic heterocycles. The first kappa shape index (κ1) is 30.2. The van der Waals surface area contributed by atoms with Crippen molar-refractivity contribution in [1.29, 1.82) is 0 Å². The Balaban J connectivity index is 1.35. The number of amides is 2. The molecule has 3 aromatic heterocycles. The Hall–Kier alpha value is -4.26. The average Bonchev–Trinajstić information content (AvgIpc) is 3.61. The van der Waals surface area contributed by atoms with Gasteiger partial charge in [0.05, 0.1) is 36.3 Å². The molecule has 13 heteroatoms. The van der Waals surface area contributed by atoms with Gasteiger partial charge in [-0.3, -0.25) is 23.7 Å². The van der Waals surface area contributed by atoms with Crippen LogP contribution >= 0.6 is 0 Å². The minimum Gasteiger partial charge on any atom is -0.383 e. The average molecular weight is 598 g/mol. The van der Waals surface area contributed by atoms with Crippen molar-refractivity contribution >= 4 is 17.5 Å². The highest BCUT2D eigenvalue weighted by Crippen LogP contribution is 2.36. The van der Waals surface area contributed by atoms with Gasteiger partial charge < -0.3 is 14.5 Å². The second-order valence-electron chi connectivity index (χ2n) is 10.6. The third kappa shape index (κ3) is 6.41. The van der Waals surface area contributed by atoms with E-state index in [1.807, 2.05) is 30.9 Å². The Labute approximate surface area is 247 Å². The van der Waals surface area contributed by atoms with Gasteiger partial charge in [0.2, 0.25) is 5.91 Å². The van der Waals surface area contributed by atoms with Crippen LogP contribution in [0.1, 0.15) is 52.6 Å². The fourth-order valence-corrected chi connectivity index (χ4v) is 5.38. The van der Waals surface area contributed by atoms with Gasteiger partial charge in [-0.1, -0.05) is 19.1 Å². The topological polar surface area (TPSA) is 97.9 Å². The minimum absolute atomic E-state index is 0.0729. The lowest BCUT2D eigenvalue weighted by atomic mass is 10.0. The third-order valence-electron chi connectivity index (χ3n) is 7.61. The second-order valence-corrected chi connectivity index (χ2v) is 10.6. The first-order valence-corrected chi connectivity index (χ1v) is 14.2. The van der Waals surface area contributed by atoms with Crippen LogP contribution in [0.15, 0.2) is 43.0 Å². The maximum atomic E-state index is 13.9. The van der Waals surface area contributed by atoms with Gasteiger partial charge in [-0.15, -0.1) is 0 Å². The number of aryl methyl sites for hydroxylation is 1. The van der Waals surface area contributed by atoms with Crippen LogP contribution in [-0.2, 0) is 28.7 Å². The van der Waals surface area contributed by atoms with Crippen molar-refractivity contribution in [3.05, 3.63) is 71.1 Å². The quantitative estimate of drug-likeness (QED) is 0.286. The zero-order chi connectivity index (χ0) is 30.7. The van der Waals surface area contributed by atoms with Crippen LogP contribution in [0.4, 0.5) is 13.2 Å². The number of ether oxygens (including phenoxy) is 1. The van der Waals surface area contributed by atoms with Crippen molar-refractivity contribution < 1.29 is 27.5 Å². The summed E-state index contributed by atoms with van der Waals surface area (Å²) in [5.74, 6) is 0.0533. The molecule has 1 saturated heterocycles. The van der Waals surface area contributed by atoms with Crippen molar-refractivity contribution in [3.63, 3.8) is 0 Å². The summed E-state index contributed by atoms with van der Waals surface area (Å²) < 4.78 is 49.4. The fraction of sp³-hybridized carbons (Fsp3) is 0.433. The Morgan fingerprint density at radius 3 is 2.49 bits per heavy atom. The molecule has 43 heavy (non-hydrogen) atoms. The molecule has 0 spiro atoms. The molecule has 0 saturated carbocycles. The molecule has 0 atom stereocenters. The van der Waals surface area contributed by atoms with Crippen LogP contribution in [-0.4, -0.2) is 85.7 Å². The number of carbonyl (C=O) groups is 2. The van der Waals surface area contributed by atoms with E-state index < -0.39 is 11.9 Å². The standard InChI is InChI=1S/C30H34F3N7O3/c1-4-5-26(41)37-10-12-38(13-11-37)29(42)22-7-6-21(16-20(22)2)17-24-28-35-18-25(40(28)9-8-34-24)23-19-39(14-15-43-3)36-27(23)30(31,32)33/h6-9,16,18-19H,4-5,10-15,17H2,1-3H3. The molecular formula is C30H34F3N7O3. The van der Waals surface area contributed by atoms with Gasteiger partial charge in [0.1, 0.15) is 0 Å². The maximum Gasteiger partial charge on any atom is 0.435 e. The van der Waals surface area contributed by atoms with E-state index >= 15 is 0 Å².